The fourth-order valence-corrected chi connectivity index (χ4v) is 0.118. The van der Waals surface area contributed by atoms with Gasteiger partial charge in [0.05, 0.1) is 6.29 Å². The van der Waals surface area contributed by atoms with E-state index in [1.165, 1.54) is 0 Å². The Hall–Kier alpha value is -1.33. The van der Waals surface area contributed by atoms with E-state index in [2.05, 4.69) is 0 Å². The van der Waals surface area contributed by atoms with Crippen molar-refractivity contribution in [3.63, 3.8) is 0 Å². The van der Waals surface area contributed by atoms with Crippen molar-refractivity contribution in [2.24, 2.45) is 5.41 Å². The van der Waals surface area contributed by atoms with Crippen LogP contribution in [0.25, 0.3) is 0 Å². The van der Waals surface area contributed by atoms with E-state index in [1.807, 2.05) is 27.7 Å². The van der Waals surface area contributed by atoms with Crippen LogP contribution in [0.15, 0.2) is 0 Å². The normalized spacial score (nSPS) is 10.8. The van der Waals surface area contributed by atoms with E-state index < -0.39 is 0 Å². The van der Waals surface area contributed by atoms with Crippen molar-refractivity contribution in [3.8, 4) is 0 Å². The molecule has 0 saturated carbocycles. The Morgan fingerprint density at radius 3 is 1.67 bits per heavy atom. The molecule has 0 aromatic rings. The van der Waals surface area contributed by atoms with Gasteiger partial charge < -0.3 is 10.7 Å². The molecule has 0 spiro atoms. The second kappa shape index (κ2) is 2.85. The van der Waals surface area contributed by atoms with E-state index in [4.69, 9.17) is 0 Å². The van der Waals surface area contributed by atoms with E-state index in [9.17, 15) is 4.79 Å². The van der Waals surface area contributed by atoms with Gasteiger partial charge in [-0.3, -0.25) is 0 Å². The van der Waals surface area contributed by atoms with Crippen LogP contribution in [0.3, 0.4) is 0 Å². The smallest absolute Gasteiger partial charge is 0.0957 e. The molecule has 0 amide bonds. The molecule has 0 aliphatic heterocycles. The first kappa shape index (κ1) is 10.6. The summed E-state index contributed by atoms with van der Waals surface area (Å²) < 4.78 is 0. The molecule has 0 bridgehead atoms. The second-order valence-electron chi connectivity index (χ2n) is 2.84. The van der Waals surface area contributed by atoms with Crippen LogP contribution in [0.1, 0.15) is 27.7 Å². The third kappa shape index (κ3) is 2.47. The van der Waals surface area contributed by atoms with Crippen LogP contribution in [0.5, 0.6) is 0 Å². The maximum atomic E-state index is 10.2. The SMILES string of the molecule is C[C-](C)C(C)(C)C=O.[Rf]. The molecule has 0 rings (SSSR count). The first-order chi connectivity index (χ1) is 3.50. The Morgan fingerprint density at radius 2 is 1.67 bits per heavy atom. The Morgan fingerprint density at radius 1 is 1.33 bits per heavy atom. The van der Waals surface area contributed by atoms with Crippen molar-refractivity contribution in [2.45, 2.75) is 27.7 Å². The molecular formula is C7H13ORf-. The molecule has 0 saturated heterocycles. The van der Waals surface area contributed by atoms with Crippen LogP contribution in [-0.4, -0.2) is 6.29 Å². The number of aldehydes is 1. The van der Waals surface area contributed by atoms with E-state index in [0.29, 0.717) is 0 Å². The molecule has 0 N–H and O–H groups in total. The van der Waals surface area contributed by atoms with Gasteiger partial charge in [-0.2, -0.15) is 13.8 Å². The predicted molar refractivity (Wildman–Crippen MR) is 34.4 cm³/mol. The molecule has 0 aliphatic rings. The molecule has 0 unspecified atom stereocenters. The Bertz CT molecular complexity index is 86.9. The number of hydrogen-bond acceptors (Lipinski definition) is 1. The van der Waals surface area contributed by atoms with E-state index >= 15 is 0 Å². The van der Waals surface area contributed by atoms with Crippen LogP contribution in [0.2, 0.25) is 0 Å². The maximum Gasteiger partial charge on any atom is 0.0957 e. The average molecular weight is 380 g/mol. The summed E-state index contributed by atoms with van der Waals surface area (Å²) in [6.45, 7) is 7.76. The van der Waals surface area contributed by atoms with Crippen molar-refractivity contribution in [3.05, 3.63) is 5.92 Å². The van der Waals surface area contributed by atoms with Gasteiger partial charge in [-0.15, -0.1) is 5.41 Å². The first-order valence-corrected chi connectivity index (χ1v) is 2.77. The van der Waals surface area contributed by atoms with Crippen LogP contribution in [0.4, 0.5) is 0 Å². The molecule has 1 nitrogen and oxygen atoms in total. The summed E-state index contributed by atoms with van der Waals surface area (Å²) in [6.07, 6.45) is 0.975. The molecule has 0 aromatic carbocycles. The van der Waals surface area contributed by atoms with E-state index in [-0.39, 0.29) is 5.41 Å². The number of hydrogen-bond donors (Lipinski definition) is 0. The molecule has 0 aliphatic carbocycles. The molecule has 0 aromatic heterocycles. The van der Waals surface area contributed by atoms with Crippen molar-refractivity contribution >= 4 is 6.29 Å². The van der Waals surface area contributed by atoms with Crippen LogP contribution >= 0.6 is 0 Å². The molecule has 2 heteroatoms. The van der Waals surface area contributed by atoms with Gasteiger partial charge in [0, 0.05) is 0 Å². The van der Waals surface area contributed by atoms with Gasteiger partial charge >= 0.3 is 0 Å². The number of rotatable bonds is 2. The monoisotopic (exact) mass is 380 g/mol. The third-order valence-electron chi connectivity index (χ3n) is 1.58. The van der Waals surface area contributed by atoms with Crippen LogP contribution in [-0.2, 0) is 4.79 Å². The molecule has 0 atom stereocenters. The summed E-state index contributed by atoms with van der Waals surface area (Å²) in [5.74, 6) is 1.16. The minimum absolute atomic E-state index is 0. The quantitative estimate of drug-likeness (QED) is 0.528. The van der Waals surface area contributed by atoms with E-state index in [0.717, 1.165) is 12.2 Å². The van der Waals surface area contributed by atoms with Crippen molar-refractivity contribution in [1.29, 1.82) is 0 Å². The minimum atomic E-state index is -0.222. The molecule has 0 heterocycles. The summed E-state index contributed by atoms with van der Waals surface area (Å²) in [5.41, 5.74) is -0.222. The third-order valence-corrected chi connectivity index (χ3v) is 1.58. The van der Waals surface area contributed by atoms with Gasteiger partial charge in [0.2, 0.25) is 0 Å². The Labute approximate surface area is 51.1 Å². The zero-order valence-electron chi connectivity index (χ0n) is 6.69. The molecule has 0 radical (unpaired) electrons. The molecule has 9 heavy (non-hydrogen) atoms. The molecule has 50 valence electrons. The van der Waals surface area contributed by atoms with Gasteiger partial charge in [-0.05, 0) is 0 Å². The average Bonchev–Trinajstić information content (AvgIpc) is 1.67. The Kier molecular flexibility index (Phi) is 3.36. The molecule has 0 fully saturated rings. The predicted octanol–water partition coefficient (Wildman–Crippen LogP) is 1.83. The van der Waals surface area contributed by atoms with Gasteiger partial charge in [-0.1, -0.05) is 13.8 Å². The summed E-state index contributed by atoms with van der Waals surface area (Å²) in [6, 6.07) is 0. The van der Waals surface area contributed by atoms with Crippen LogP contribution in [0, 0.1) is 11.3 Å². The van der Waals surface area contributed by atoms with Gasteiger partial charge in [0.25, 0.3) is 0 Å². The van der Waals surface area contributed by atoms with Crippen molar-refractivity contribution < 1.29 is 4.79 Å². The van der Waals surface area contributed by atoms with Gasteiger partial charge in [-0.25, -0.2) is 0 Å². The zero-order valence-corrected chi connectivity index (χ0v) is 13.1. The summed E-state index contributed by atoms with van der Waals surface area (Å²) in [7, 11) is 0. The summed E-state index contributed by atoms with van der Waals surface area (Å²) >= 11 is 0. The van der Waals surface area contributed by atoms with Gasteiger partial charge in [0.15, 0.2) is 0 Å². The van der Waals surface area contributed by atoms with Crippen LogP contribution < -0.4 is 0 Å². The molecular weight excluding hydrogens is 367 g/mol. The summed E-state index contributed by atoms with van der Waals surface area (Å²) in [5, 5.41) is 0. The fraction of sp³-hybridized carbons (Fsp3) is 0.714. The standard InChI is InChI=1S/C7H13O.Rf/c1-6(2)7(3,4)5-8;/h5H,1-4H3;/q-1;. The van der Waals surface area contributed by atoms with Crippen molar-refractivity contribution in [1.82, 2.24) is 0 Å². The maximum absolute atomic E-state index is 10.2. The Balaban J connectivity index is 0. The largest absolute Gasteiger partial charge is 0.307 e. The number of carbonyl (C=O) groups is 1. The minimum Gasteiger partial charge on any atom is -0.307 e. The van der Waals surface area contributed by atoms with E-state index in [1.54, 1.807) is 0 Å². The summed E-state index contributed by atoms with van der Waals surface area (Å²) in [4.78, 5) is 10.2. The number of carbonyl (C=O) groups excluding carboxylic acids is 1. The fourth-order valence-electron chi connectivity index (χ4n) is 0.118. The van der Waals surface area contributed by atoms with Crippen molar-refractivity contribution in [2.75, 3.05) is 0 Å². The zero-order chi connectivity index (χ0) is 6.78. The second-order valence-corrected chi connectivity index (χ2v) is 2.84. The first-order valence-electron chi connectivity index (χ1n) is 2.77. The topological polar surface area (TPSA) is 17.1 Å². The van der Waals surface area contributed by atoms with Gasteiger partial charge in [0.1, 0.15) is 0 Å².